The molecule has 0 unspecified atom stereocenters. The maximum Gasteiger partial charge on any atom is 0.316 e. The van der Waals surface area contributed by atoms with Gasteiger partial charge in [0.1, 0.15) is 0 Å². The molecule has 2 aromatic rings. The van der Waals surface area contributed by atoms with Gasteiger partial charge in [0.15, 0.2) is 12.4 Å². The normalized spacial score (nSPS) is 11.0. The fourth-order valence-corrected chi connectivity index (χ4v) is 2.82. The molecular weight excluding hydrogens is 398 g/mol. The number of ketones is 1. The average Bonchev–Trinajstić information content (AvgIpc) is 2.65. The van der Waals surface area contributed by atoms with E-state index >= 15 is 0 Å². The summed E-state index contributed by atoms with van der Waals surface area (Å²) < 4.78 is 5.04. The lowest BCUT2D eigenvalue weighted by atomic mass is 9.95. The number of ether oxygens (including phenoxy) is 1. The van der Waals surface area contributed by atoms with Crippen LogP contribution in [0.4, 0.5) is 5.69 Å². The molecule has 0 saturated heterocycles. The third-order valence-corrected chi connectivity index (χ3v) is 4.92. The summed E-state index contributed by atoms with van der Waals surface area (Å²) in [4.78, 5) is 36.8. The van der Waals surface area contributed by atoms with Gasteiger partial charge in [-0.05, 0) is 48.5 Å². The molecule has 0 fully saturated rings. The number of benzene rings is 2. The number of nitrogens with one attached hydrogen (secondary N) is 1. The number of hydrogen-bond donors (Lipinski definition) is 1. The van der Waals surface area contributed by atoms with Gasteiger partial charge in [-0.2, -0.15) is 0 Å². The maximum absolute atomic E-state index is 12.2. The Labute approximate surface area is 173 Å². The Kier molecular flexibility index (Phi) is 7.66. The van der Waals surface area contributed by atoms with Gasteiger partial charge in [-0.15, -0.1) is 11.8 Å². The third kappa shape index (κ3) is 7.02. The minimum Gasteiger partial charge on any atom is -0.457 e. The van der Waals surface area contributed by atoms with Crippen LogP contribution >= 0.6 is 23.4 Å². The monoisotopic (exact) mass is 419 g/mol. The molecule has 0 spiro atoms. The Morgan fingerprint density at radius 3 is 2.18 bits per heavy atom. The molecule has 7 heteroatoms. The molecule has 0 saturated carbocycles. The molecule has 0 aliphatic rings. The summed E-state index contributed by atoms with van der Waals surface area (Å²) in [6, 6.07) is 13.6. The minimum absolute atomic E-state index is 0.104. The molecule has 2 aromatic carbocycles. The first-order valence-corrected chi connectivity index (χ1v) is 10.0. The molecule has 2 rings (SSSR count). The number of Topliss-reactive ketones (excluding diaryl/α,β-unsaturated/α-hetero) is 1. The molecule has 5 nitrogen and oxygen atoms in total. The van der Waals surface area contributed by atoms with Crippen LogP contribution in [0.3, 0.4) is 0 Å². The van der Waals surface area contributed by atoms with Crippen molar-refractivity contribution in [3.05, 3.63) is 59.1 Å². The summed E-state index contributed by atoms with van der Waals surface area (Å²) in [5, 5.41) is 3.41. The van der Waals surface area contributed by atoms with E-state index in [0.717, 1.165) is 4.90 Å². The molecule has 28 heavy (non-hydrogen) atoms. The first-order chi connectivity index (χ1) is 13.1. The Bertz CT molecular complexity index is 842. The van der Waals surface area contributed by atoms with Crippen LogP contribution in [-0.4, -0.2) is 30.0 Å². The number of carbonyl (C=O) groups excluding carboxylic acids is 3. The van der Waals surface area contributed by atoms with E-state index in [9.17, 15) is 14.4 Å². The van der Waals surface area contributed by atoms with Crippen molar-refractivity contribution in [1.82, 2.24) is 0 Å². The lowest BCUT2D eigenvalue weighted by Crippen LogP contribution is -2.27. The van der Waals surface area contributed by atoms with Gasteiger partial charge < -0.3 is 10.1 Å². The van der Waals surface area contributed by atoms with E-state index < -0.39 is 11.4 Å². The lowest BCUT2D eigenvalue weighted by Gasteiger charge is -2.17. The second-order valence-corrected chi connectivity index (χ2v) is 8.59. The highest BCUT2D eigenvalue weighted by Crippen LogP contribution is 2.20. The molecule has 0 radical (unpaired) electrons. The highest BCUT2D eigenvalue weighted by Gasteiger charge is 2.21. The fraction of sp³-hybridized carbons (Fsp3) is 0.286. The quantitative estimate of drug-likeness (QED) is 0.395. The topological polar surface area (TPSA) is 72.5 Å². The van der Waals surface area contributed by atoms with Gasteiger partial charge in [-0.1, -0.05) is 32.4 Å². The zero-order chi connectivity index (χ0) is 20.7. The summed E-state index contributed by atoms with van der Waals surface area (Å²) >= 11 is 7.12. The zero-order valence-electron chi connectivity index (χ0n) is 16.0. The van der Waals surface area contributed by atoms with Gasteiger partial charge in [-0.3, -0.25) is 14.4 Å². The van der Waals surface area contributed by atoms with E-state index in [1.165, 1.54) is 11.8 Å². The van der Waals surface area contributed by atoms with Crippen LogP contribution in [0.2, 0.25) is 5.02 Å². The second-order valence-electron chi connectivity index (χ2n) is 7.11. The zero-order valence-corrected chi connectivity index (χ0v) is 17.5. The van der Waals surface area contributed by atoms with Crippen molar-refractivity contribution in [1.29, 1.82) is 0 Å². The van der Waals surface area contributed by atoms with Gasteiger partial charge in [0.05, 0.1) is 5.75 Å². The third-order valence-electron chi connectivity index (χ3n) is 3.68. The smallest absolute Gasteiger partial charge is 0.316 e. The predicted molar refractivity (Wildman–Crippen MR) is 112 cm³/mol. The fourth-order valence-electron chi connectivity index (χ4n) is 2.00. The summed E-state index contributed by atoms with van der Waals surface area (Å²) in [5.74, 6) is -0.785. The van der Waals surface area contributed by atoms with E-state index in [4.69, 9.17) is 16.3 Å². The molecule has 0 aliphatic heterocycles. The van der Waals surface area contributed by atoms with Crippen molar-refractivity contribution in [3.8, 4) is 0 Å². The largest absolute Gasteiger partial charge is 0.457 e. The van der Waals surface area contributed by atoms with Gasteiger partial charge in [-0.25, -0.2) is 0 Å². The standard InChI is InChI=1S/C21H22ClNO4S/c1-21(2,3)20(26)23-16-8-4-14(5-9-16)18(24)12-27-19(25)13-28-17-10-6-15(22)7-11-17/h4-11H,12-13H2,1-3H3,(H,23,26). The Morgan fingerprint density at radius 2 is 1.61 bits per heavy atom. The minimum atomic E-state index is -0.507. The molecule has 0 heterocycles. The van der Waals surface area contributed by atoms with Crippen LogP contribution in [0.5, 0.6) is 0 Å². The molecule has 1 amide bonds. The van der Waals surface area contributed by atoms with Crippen LogP contribution in [0.25, 0.3) is 0 Å². The molecule has 0 bridgehead atoms. The number of thioether (sulfide) groups is 1. The van der Waals surface area contributed by atoms with Crippen molar-refractivity contribution in [2.75, 3.05) is 17.7 Å². The van der Waals surface area contributed by atoms with E-state index in [1.807, 2.05) is 32.9 Å². The van der Waals surface area contributed by atoms with Crippen LogP contribution in [0, 0.1) is 5.41 Å². The van der Waals surface area contributed by atoms with Gasteiger partial charge in [0.25, 0.3) is 0 Å². The molecule has 0 aromatic heterocycles. The lowest BCUT2D eigenvalue weighted by molar-refractivity contribution is -0.139. The number of anilines is 1. The Hall–Kier alpha value is -2.31. The number of rotatable bonds is 7. The number of hydrogen-bond acceptors (Lipinski definition) is 5. The molecular formula is C21H22ClNO4S. The number of carbonyl (C=O) groups is 3. The highest BCUT2D eigenvalue weighted by molar-refractivity contribution is 8.00. The van der Waals surface area contributed by atoms with E-state index in [2.05, 4.69) is 5.32 Å². The van der Waals surface area contributed by atoms with Crippen molar-refractivity contribution in [2.45, 2.75) is 25.7 Å². The number of amides is 1. The molecule has 148 valence electrons. The van der Waals surface area contributed by atoms with Crippen molar-refractivity contribution < 1.29 is 19.1 Å². The highest BCUT2D eigenvalue weighted by atomic mass is 35.5. The molecule has 1 N–H and O–H groups in total. The summed E-state index contributed by atoms with van der Waals surface area (Å²) in [6.45, 7) is 5.13. The van der Waals surface area contributed by atoms with Crippen molar-refractivity contribution >= 4 is 46.7 Å². The van der Waals surface area contributed by atoms with Crippen molar-refractivity contribution in [2.24, 2.45) is 5.41 Å². The first-order valence-electron chi connectivity index (χ1n) is 8.64. The SMILES string of the molecule is CC(C)(C)C(=O)Nc1ccc(C(=O)COC(=O)CSc2ccc(Cl)cc2)cc1. The second kappa shape index (κ2) is 9.75. The number of esters is 1. The number of halogens is 1. The van der Waals surface area contributed by atoms with E-state index in [1.54, 1.807) is 36.4 Å². The van der Waals surface area contributed by atoms with E-state index in [0.29, 0.717) is 16.3 Å². The van der Waals surface area contributed by atoms with Crippen LogP contribution in [0.15, 0.2) is 53.4 Å². The predicted octanol–water partition coefficient (Wildman–Crippen LogP) is 4.84. The first kappa shape index (κ1) is 22.0. The average molecular weight is 420 g/mol. The Balaban J connectivity index is 1.79. The maximum atomic E-state index is 12.2. The van der Waals surface area contributed by atoms with Gasteiger partial charge in [0, 0.05) is 26.6 Å². The molecule has 0 aliphatic carbocycles. The van der Waals surface area contributed by atoms with Crippen molar-refractivity contribution in [3.63, 3.8) is 0 Å². The molecule has 0 atom stereocenters. The van der Waals surface area contributed by atoms with Gasteiger partial charge in [0.2, 0.25) is 5.91 Å². The summed E-state index contributed by atoms with van der Waals surface area (Å²) in [5.41, 5.74) is 0.506. The van der Waals surface area contributed by atoms with E-state index in [-0.39, 0.29) is 24.1 Å². The van der Waals surface area contributed by atoms with Crippen LogP contribution in [0.1, 0.15) is 31.1 Å². The van der Waals surface area contributed by atoms with Crippen LogP contribution < -0.4 is 5.32 Å². The summed E-state index contributed by atoms with van der Waals surface area (Å²) in [6.07, 6.45) is 0. The Morgan fingerprint density at radius 1 is 1.00 bits per heavy atom. The van der Waals surface area contributed by atoms with Gasteiger partial charge >= 0.3 is 5.97 Å². The van der Waals surface area contributed by atoms with Crippen LogP contribution in [-0.2, 0) is 14.3 Å². The summed E-state index contributed by atoms with van der Waals surface area (Å²) in [7, 11) is 0.